The van der Waals surface area contributed by atoms with E-state index in [4.69, 9.17) is 4.74 Å². The van der Waals surface area contributed by atoms with Crippen molar-refractivity contribution >= 4 is 19.7 Å². The van der Waals surface area contributed by atoms with Crippen molar-refractivity contribution in [3.8, 4) is 0 Å². The van der Waals surface area contributed by atoms with E-state index in [9.17, 15) is 16.8 Å². The molecule has 0 aromatic rings. The van der Waals surface area contributed by atoms with Crippen LogP contribution in [0.2, 0.25) is 0 Å². The smallest absolute Gasteiger partial charge is 0.154 e. The molecule has 0 spiro atoms. The molecule has 2 saturated heterocycles. The molecule has 6 nitrogen and oxygen atoms in total. The highest BCUT2D eigenvalue weighted by molar-refractivity contribution is 7.91. The second kappa shape index (κ2) is 6.07. The number of hydrogen-bond donors (Lipinski definition) is 1. The molecule has 0 aromatic heterocycles. The van der Waals surface area contributed by atoms with Crippen LogP contribution in [0.1, 0.15) is 19.3 Å². The molecule has 0 bridgehead atoms. The topological polar surface area (TPSA) is 89.5 Å². The van der Waals surface area contributed by atoms with Crippen molar-refractivity contribution in [2.75, 3.05) is 36.2 Å². The molecule has 112 valence electrons. The normalized spacial score (nSPS) is 30.7. The number of hydrogen-bond acceptors (Lipinski definition) is 6. The van der Waals surface area contributed by atoms with Gasteiger partial charge in [0.05, 0.1) is 29.1 Å². The summed E-state index contributed by atoms with van der Waals surface area (Å²) < 4.78 is 51.5. The second-order valence-electron chi connectivity index (χ2n) is 5.30. The van der Waals surface area contributed by atoms with Gasteiger partial charge < -0.3 is 10.1 Å². The first kappa shape index (κ1) is 15.2. The Hall–Kier alpha value is -0.180. The molecule has 0 aromatic carbocycles. The van der Waals surface area contributed by atoms with Crippen LogP contribution in [0.5, 0.6) is 0 Å². The van der Waals surface area contributed by atoms with Gasteiger partial charge in [0.25, 0.3) is 0 Å². The lowest BCUT2D eigenvalue weighted by atomic mass is 10.3. The minimum absolute atomic E-state index is 0.0450. The van der Waals surface area contributed by atoms with Crippen LogP contribution in [-0.2, 0) is 24.4 Å². The molecule has 2 atom stereocenters. The van der Waals surface area contributed by atoms with Crippen molar-refractivity contribution in [2.45, 2.75) is 31.4 Å². The Morgan fingerprint density at radius 3 is 2.63 bits per heavy atom. The van der Waals surface area contributed by atoms with Gasteiger partial charge in [-0.2, -0.15) is 0 Å². The predicted octanol–water partition coefficient (Wildman–Crippen LogP) is -0.643. The Morgan fingerprint density at radius 1 is 1.26 bits per heavy atom. The minimum Gasteiger partial charge on any atom is -0.377 e. The van der Waals surface area contributed by atoms with E-state index in [1.54, 1.807) is 0 Å². The van der Waals surface area contributed by atoms with E-state index in [2.05, 4.69) is 5.32 Å². The van der Waals surface area contributed by atoms with Crippen molar-refractivity contribution in [1.29, 1.82) is 0 Å². The molecular weight excluding hydrogens is 290 g/mol. The number of ether oxygens (including phenoxy) is 1. The monoisotopic (exact) mass is 311 g/mol. The van der Waals surface area contributed by atoms with Crippen LogP contribution < -0.4 is 5.32 Å². The summed E-state index contributed by atoms with van der Waals surface area (Å²) in [6, 6.07) is -0.0945. The summed E-state index contributed by atoms with van der Waals surface area (Å²) in [5.41, 5.74) is 0. The largest absolute Gasteiger partial charge is 0.377 e. The van der Waals surface area contributed by atoms with Gasteiger partial charge in [-0.3, -0.25) is 0 Å². The van der Waals surface area contributed by atoms with E-state index in [0.29, 0.717) is 19.6 Å². The third-order valence-electron chi connectivity index (χ3n) is 3.54. The highest BCUT2D eigenvalue weighted by Crippen LogP contribution is 2.14. The molecule has 19 heavy (non-hydrogen) atoms. The van der Waals surface area contributed by atoms with Gasteiger partial charge in [0.2, 0.25) is 0 Å². The molecule has 1 N–H and O–H groups in total. The van der Waals surface area contributed by atoms with Gasteiger partial charge in [0, 0.05) is 19.2 Å². The molecule has 2 heterocycles. The predicted molar refractivity (Wildman–Crippen MR) is 72.7 cm³/mol. The van der Waals surface area contributed by atoms with Crippen molar-refractivity contribution in [1.82, 2.24) is 5.32 Å². The summed E-state index contributed by atoms with van der Waals surface area (Å²) in [4.78, 5) is 0. The van der Waals surface area contributed by atoms with E-state index in [1.807, 2.05) is 0 Å². The SMILES string of the molecule is O=S1(=O)CCC(NCCS(=O)(=O)CC2CCCO2)C1. The first-order valence-corrected chi connectivity index (χ1v) is 10.3. The van der Waals surface area contributed by atoms with Gasteiger partial charge in [-0.25, -0.2) is 16.8 Å². The molecule has 0 aliphatic carbocycles. The zero-order valence-electron chi connectivity index (χ0n) is 10.9. The van der Waals surface area contributed by atoms with Gasteiger partial charge in [-0.15, -0.1) is 0 Å². The third kappa shape index (κ3) is 5.02. The molecular formula is C11H21NO5S2. The zero-order chi connectivity index (χ0) is 13.9. The Balaban J connectivity index is 1.70. The van der Waals surface area contributed by atoms with E-state index >= 15 is 0 Å². The molecule has 2 rings (SSSR count). The number of rotatable bonds is 6. The molecule has 8 heteroatoms. The van der Waals surface area contributed by atoms with E-state index in [-0.39, 0.29) is 35.2 Å². The quantitative estimate of drug-likeness (QED) is 0.701. The maximum absolute atomic E-state index is 11.8. The summed E-state index contributed by atoms with van der Waals surface area (Å²) in [7, 11) is -6.03. The van der Waals surface area contributed by atoms with Crippen LogP contribution in [0, 0.1) is 0 Å². The van der Waals surface area contributed by atoms with Crippen LogP contribution in [0.4, 0.5) is 0 Å². The van der Waals surface area contributed by atoms with E-state index < -0.39 is 19.7 Å². The van der Waals surface area contributed by atoms with E-state index in [1.165, 1.54) is 0 Å². The molecule has 2 aliphatic rings. The van der Waals surface area contributed by atoms with Crippen LogP contribution in [0.25, 0.3) is 0 Å². The van der Waals surface area contributed by atoms with Crippen molar-refractivity contribution < 1.29 is 21.6 Å². The Bertz CT molecular complexity index is 493. The van der Waals surface area contributed by atoms with Crippen LogP contribution in [-0.4, -0.2) is 65.1 Å². The first-order chi connectivity index (χ1) is 8.86. The van der Waals surface area contributed by atoms with Gasteiger partial charge in [0.15, 0.2) is 19.7 Å². The lowest BCUT2D eigenvalue weighted by molar-refractivity contribution is 0.127. The number of sulfone groups is 2. The summed E-state index contributed by atoms with van der Waals surface area (Å²) in [5.74, 6) is 0.452. The lowest BCUT2D eigenvalue weighted by Crippen LogP contribution is -2.35. The standard InChI is InChI=1S/C11H21NO5S2/c13-18(14)6-3-10(8-18)12-4-7-19(15,16)9-11-2-1-5-17-11/h10-12H,1-9H2. The Kier molecular flexibility index (Phi) is 4.86. The Morgan fingerprint density at radius 2 is 2.05 bits per heavy atom. The first-order valence-electron chi connectivity index (χ1n) is 6.62. The fraction of sp³-hybridized carbons (Fsp3) is 1.00. The Labute approximate surface area is 114 Å². The maximum Gasteiger partial charge on any atom is 0.154 e. The summed E-state index contributed by atoms with van der Waals surface area (Å²) in [6.45, 7) is 0.966. The van der Waals surface area contributed by atoms with Gasteiger partial charge in [0.1, 0.15) is 0 Å². The fourth-order valence-corrected chi connectivity index (χ4v) is 5.65. The minimum atomic E-state index is -3.12. The maximum atomic E-state index is 11.8. The van der Waals surface area contributed by atoms with E-state index in [0.717, 1.165) is 12.8 Å². The van der Waals surface area contributed by atoms with Gasteiger partial charge in [-0.1, -0.05) is 0 Å². The lowest BCUT2D eigenvalue weighted by Gasteiger charge is -2.13. The zero-order valence-corrected chi connectivity index (χ0v) is 12.5. The molecule has 0 radical (unpaired) electrons. The average Bonchev–Trinajstić information content (AvgIpc) is 2.87. The van der Waals surface area contributed by atoms with Crippen molar-refractivity contribution in [3.63, 3.8) is 0 Å². The highest BCUT2D eigenvalue weighted by atomic mass is 32.2. The fourth-order valence-electron chi connectivity index (χ4n) is 2.52. The van der Waals surface area contributed by atoms with Crippen LogP contribution >= 0.6 is 0 Å². The van der Waals surface area contributed by atoms with Gasteiger partial charge >= 0.3 is 0 Å². The molecule has 0 saturated carbocycles. The van der Waals surface area contributed by atoms with Crippen molar-refractivity contribution in [3.05, 3.63) is 0 Å². The van der Waals surface area contributed by atoms with Crippen LogP contribution in [0.3, 0.4) is 0 Å². The highest BCUT2D eigenvalue weighted by Gasteiger charge is 2.28. The second-order valence-corrected chi connectivity index (χ2v) is 9.76. The van der Waals surface area contributed by atoms with Crippen molar-refractivity contribution in [2.24, 2.45) is 0 Å². The number of nitrogens with one attached hydrogen (secondary N) is 1. The van der Waals surface area contributed by atoms with Gasteiger partial charge in [-0.05, 0) is 19.3 Å². The molecule has 0 amide bonds. The molecule has 2 aliphatic heterocycles. The summed E-state index contributed by atoms with van der Waals surface area (Å²) >= 11 is 0. The van der Waals surface area contributed by atoms with Crippen LogP contribution in [0.15, 0.2) is 0 Å². The molecule has 2 fully saturated rings. The molecule has 2 unspecified atom stereocenters. The third-order valence-corrected chi connectivity index (χ3v) is 7.02. The summed E-state index contributed by atoms with van der Waals surface area (Å²) in [5, 5.41) is 3.02. The summed E-state index contributed by atoms with van der Waals surface area (Å²) in [6.07, 6.45) is 2.16. The average molecular weight is 311 g/mol.